The van der Waals surface area contributed by atoms with Gasteiger partial charge in [-0.15, -0.1) is 0 Å². The van der Waals surface area contributed by atoms with Gasteiger partial charge in [0.1, 0.15) is 5.75 Å². The summed E-state index contributed by atoms with van der Waals surface area (Å²) >= 11 is 0. The number of hydrogen-bond donors (Lipinski definition) is 1. The standard InChI is InChI=1S/C18H24N2O/c1-12-8-6-7-9-16(12)15(4)19-11-17-14(3)18(21-5)13(2)10-20-17/h6-10,15,19H,11H2,1-5H3/t15-/m1/s1. The fraction of sp³-hybridized carbons (Fsp3) is 0.389. The number of hydrogen-bond acceptors (Lipinski definition) is 3. The molecule has 1 heterocycles. The van der Waals surface area contributed by atoms with Crippen molar-refractivity contribution in [3.05, 3.63) is 58.4 Å². The first-order valence-corrected chi connectivity index (χ1v) is 7.32. The number of nitrogens with zero attached hydrogens (tertiary/aromatic N) is 1. The Kier molecular flexibility index (Phi) is 4.97. The summed E-state index contributed by atoms with van der Waals surface area (Å²) < 4.78 is 5.46. The summed E-state index contributed by atoms with van der Waals surface area (Å²) in [5.41, 5.74) is 5.86. The van der Waals surface area contributed by atoms with Gasteiger partial charge in [-0.2, -0.15) is 0 Å². The van der Waals surface area contributed by atoms with E-state index in [0.29, 0.717) is 6.04 Å². The van der Waals surface area contributed by atoms with Gasteiger partial charge in [0.25, 0.3) is 0 Å². The molecule has 1 N–H and O–H groups in total. The van der Waals surface area contributed by atoms with Crippen LogP contribution in [0, 0.1) is 20.8 Å². The highest BCUT2D eigenvalue weighted by Gasteiger charge is 2.12. The summed E-state index contributed by atoms with van der Waals surface area (Å²) in [6, 6.07) is 8.76. The van der Waals surface area contributed by atoms with Crippen molar-refractivity contribution in [2.24, 2.45) is 0 Å². The number of benzene rings is 1. The molecule has 0 aliphatic rings. The zero-order valence-corrected chi connectivity index (χ0v) is 13.5. The van der Waals surface area contributed by atoms with Gasteiger partial charge in [0.2, 0.25) is 0 Å². The van der Waals surface area contributed by atoms with Gasteiger partial charge in [-0.3, -0.25) is 4.98 Å². The lowest BCUT2D eigenvalue weighted by Crippen LogP contribution is -2.20. The zero-order chi connectivity index (χ0) is 15.4. The monoisotopic (exact) mass is 284 g/mol. The fourth-order valence-corrected chi connectivity index (χ4v) is 2.68. The third kappa shape index (κ3) is 3.42. The van der Waals surface area contributed by atoms with Crippen LogP contribution in [0.15, 0.2) is 30.5 Å². The molecule has 2 aromatic rings. The van der Waals surface area contributed by atoms with E-state index in [1.54, 1.807) is 7.11 Å². The van der Waals surface area contributed by atoms with Gasteiger partial charge in [-0.1, -0.05) is 24.3 Å². The molecule has 0 unspecified atom stereocenters. The Hall–Kier alpha value is -1.87. The molecule has 0 aliphatic heterocycles. The molecule has 1 aromatic carbocycles. The van der Waals surface area contributed by atoms with Crippen LogP contribution >= 0.6 is 0 Å². The maximum Gasteiger partial charge on any atom is 0.128 e. The van der Waals surface area contributed by atoms with Crippen molar-refractivity contribution in [3.8, 4) is 5.75 Å². The number of aromatic nitrogens is 1. The highest BCUT2D eigenvalue weighted by atomic mass is 16.5. The summed E-state index contributed by atoms with van der Waals surface area (Å²) in [6.07, 6.45) is 1.88. The highest BCUT2D eigenvalue weighted by molar-refractivity contribution is 5.41. The normalized spacial score (nSPS) is 12.2. The molecule has 2 rings (SSSR count). The predicted molar refractivity (Wildman–Crippen MR) is 86.7 cm³/mol. The van der Waals surface area contributed by atoms with E-state index in [2.05, 4.69) is 55.3 Å². The van der Waals surface area contributed by atoms with Gasteiger partial charge in [0, 0.05) is 29.9 Å². The Bertz CT molecular complexity index is 623. The number of aryl methyl sites for hydroxylation is 2. The third-order valence-corrected chi connectivity index (χ3v) is 3.98. The Balaban J connectivity index is 2.12. The summed E-state index contributed by atoms with van der Waals surface area (Å²) in [4.78, 5) is 4.53. The topological polar surface area (TPSA) is 34.1 Å². The molecule has 0 saturated heterocycles. The lowest BCUT2D eigenvalue weighted by atomic mass is 10.0. The van der Waals surface area contributed by atoms with Crippen LogP contribution in [0.3, 0.4) is 0 Å². The number of rotatable bonds is 5. The van der Waals surface area contributed by atoms with Crippen molar-refractivity contribution in [2.75, 3.05) is 7.11 Å². The quantitative estimate of drug-likeness (QED) is 0.905. The van der Waals surface area contributed by atoms with Crippen molar-refractivity contribution in [2.45, 2.75) is 40.3 Å². The SMILES string of the molecule is COc1c(C)cnc(CN[C@H](C)c2ccccc2C)c1C. The number of nitrogens with one attached hydrogen (secondary N) is 1. The molecule has 0 spiro atoms. The fourth-order valence-electron chi connectivity index (χ4n) is 2.68. The van der Waals surface area contributed by atoms with E-state index in [9.17, 15) is 0 Å². The minimum absolute atomic E-state index is 0.291. The summed E-state index contributed by atoms with van der Waals surface area (Å²) in [7, 11) is 1.71. The Morgan fingerprint density at radius 3 is 2.52 bits per heavy atom. The number of pyridine rings is 1. The van der Waals surface area contributed by atoms with Crippen molar-refractivity contribution in [1.29, 1.82) is 0 Å². The maximum atomic E-state index is 5.46. The van der Waals surface area contributed by atoms with Gasteiger partial charge in [-0.25, -0.2) is 0 Å². The van der Waals surface area contributed by atoms with E-state index in [0.717, 1.165) is 29.1 Å². The summed E-state index contributed by atoms with van der Waals surface area (Å²) in [5, 5.41) is 3.55. The van der Waals surface area contributed by atoms with Crippen molar-refractivity contribution >= 4 is 0 Å². The van der Waals surface area contributed by atoms with E-state index in [1.165, 1.54) is 11.1 Å². The first-order chi connectivity index (χ1) is 10.0. The molecule has 1 aromatic heterocycles. The third-order valence-electron chi connectivity index (χ3n) is 3.98. The van der Waals surface area contributed by atoms with Crippen molar-refractivity contribution in [3.63, 3.8) is 0 Å². The summed E-state index contributed by atoms with van der Waals surface area (Å²) in [6.45, 7) is 9.15. The first kappa shape index (κ1) is 15.5. The van der Waals surface area contributed by atoms with Gasteiger partial charge in [0.15, 0.2) is 0 Å². The molecule has 0 aliphatic carbocycles. The second kappa shape index (κ2) is 6.72. The molecule has 0 radical (unpaired) electrons. The Labute approximate surface area is 127 Å². The van der Waals surface area contributed by atoms with Crippen LogP contribution < -0.4 is 10.1 Å². The van der Waals surface area contributed by atoms with Crippen LogP contribution in [0.1, 0.15) is 40.9 Å². The minimum Gasteiger partial charge on any atom is -0.496 e. The molecular weight excluding hydrogens is 260 g/mol. The second-order valence-corrected chi connectivity index (χ2v) is 5.51. The average molecular weight is 284 g/mol. The smallest absolute Gasteiger partial charge is 0.128 e. The van der Waals surface area contributed by atoms with Gasteiger partial charge >= 0.3 is 0 Å². The molecule has 0 amide bonds. The first-order valence-electron chi connectivity index (χ1n) is 7.32. The minimum atomic E-state index is 0.291. The van der Waals surface area contributed by atoms with E-state index in [-0.39, 0.29) is 0 Å². The van der Waals surface area contributed by atoms with Crippen LogP contribution in [0.2, 0.25) is 0 Å². The largest absolute Gasteiger partial charge is 0.496 e. The Morgan fingerprint density at radius 2 is 1.86 bits per heavy atom. The van der Waals surface area contributed by atoms with E-state index in [4.69, 9.17) is 4.74 Å². The zero-order valence-electron chi connectivity index (χ0n) is 13.5. The second-order valence-electron chi connectivity index (χ2n) is 5.51. The van der Waals surface area contributed by atoms with Crippen LogP contribution in [0.25, 0.3) is 0 Å². The molecule has 0 bridgehead atoms. The van der Waals surface area contributed by atoms with Gasteiger partial charge < -0.3 is 10.1 Å². The average Bonchev–Trinajstić information content (AvgIpc) is 2.47. The molecule has 0 fully saturated rings. The van der Waals surface area contributed by atoms with E-state index < -0.39 is 0 Å². The van der Waals surface area contributed by atoms with Gasteiger partial charge in [0.05, 0.1) is 12.8 Å². The number of ether oxygens (including phenoxy) is 1. The van der Waals surface area contributed by atoms with Crippen LogP contribution in [-0.4, -0.2) is 12.1 Å². The molecule has 112 valence electrons. The van der Waals surface area contributed by atoms with Crippen LogP contribution in [0.4, 0.5) is 0 Å². The van der Waals surface area contributed by atoms with Crippen molar-refractivity contribution in [1.82, 2.24) is 10.3 Å². The maximum absolute atomic E-state index is 5.46. The van der Waals surface area contributed by atoms with Gasteiger partial charge in [-0.05, 0) is 38.8 Å². The lowest BCUT2D eigenvalue weighted by Gasteiger charge is -2.18. The molecule has 1 atom stereocenters. The molecule has 21 heavy (non-hydrogen) atoms. The van der Waals surface area contributed by atoms with Crippen LogP contribution in [0.5, 0.6) is 5.75 Å². The van der Waals surface area contributed by atoms with Crippen LogP contribution in [-0.2, 0) is 6.54 Å². The van der Waals surface area contributed by atoms with E-state index in [1.807, 2.05) is 13.1 Å². The molecule has 3 heteroatoms. The Morgan fingerprint density at radius 1 is 1.14 bits per heavy atom. The predicted octanol–water partition coefficient (Wildman–Crippen LogP) is 3.87. The molecule has 3 nitrogen and oxygen atoms in total. The van der Waals surface area contributed by atoms with Crippen molar-refractivity contribution < 1.29 is 4.74 Å². The summed E-state index contributed by atoms with van der Waals surface area (Å²) in [5.74, 6) is 0.936. The molecular formula is C18H24N2O. The molecule has 0 saturated carbocycles. The number of methoxy groups -OCH3 is 1. The van der Waals surface area contributed by atoms with E-state index >= 15 is 0 Å². The highest BCUT2D eigenvalue weighted by Crippen LogP contribution is 2.24. The lowest BCUT2D eigenvalue weighted by molar-refractivity contribution is 0.406.